The van der Waals surface area contributed by atoms with Gasteiger partial charge in [0.2, 0.25) is 0 Å². The Hall–Kier alpha value is -2.06. The van der Waals surface area contributed by atoms with Gasteiger partial charge in [-0.05, 0) is 6.07 Å². The van der Waals surface area contributed by atoms with E-state index in [0.29, 0.717) is 0 Å². The van der Waals surface area contributed by atoms with Crippen molar-refractivity contribution < 1.29 is 23.9 Å². The summed E-state index contributed by atoms with van der Waals surface area (Å²) in [6, 6.07) is 1.17. The Bertz CT molecular complexity index is 508. The lowest BCUT2D eigenvalue weighted by atomic mass is 10.0. The minimum Gasteiger partial charge on any atom is -0.493 e. The van der Waals surface area contributed by atoms with E-state index in [-0.39, 0.29) is 35.2 Å². The van der Waals surface area contributed by atoms with Gasteiger partial charge >= 0.3 is 5.97 Å². The highest BCUT2D eigenvalue weighted by molar-refractivity contribution is 5.85. The summed E-state index contributed by atoms with van der Waals surface area (Å²) in [5.41, 5.74) is 5.28. The number of nitrogens with two attached hydrogens (primary N) is 1. The van der Waals surface area contributed by atoms with Crippen molar-refractivity contribution in [3.8, 4) is 11.5 Å². The first-order chi connectivity index (χ1) is 8.96. The van der Waals surface area contributed by atoms with Crippen LogP contribution >= 0.6 is 12.4 Å². The van der Waals surface area contributed by atoms with Gasteiger partial charge in [0.15, 0.2) is 11.5 Å². The molecule has 0 saturated carbocycles. The van der Waals surface area contributed by atoms with Crippen LogP contribution in [0.15, 0.2) is 12.1 Å². The van der Waals surface area contributed by atoms with E-state index >= 15 is 0 Å². The van der Waals surface area contributed by atoms with Crippen LogP contribution in [0.4, 0.5) is 5.69 Å². The maximum Gasteiger partial charge on any atom is 0.327 e. The van der Waals surface area contributed by atoms with Crippen LogP contribution in [0.3, 0.4) is 0 Å². The lowest BCUT2D eigenvalue weighted by Gasteiger charge is -2.13. The number of methoxy groups -OCH3 is 3. The van der Waals surface area contributed by atoms with Gasteiger partial charge in [-0.1, -0.05) is 0 Å². The molecule has 2 N–H and O–H groups in total. The Morgan fingerprint density at radius 2 is 1.75 bits per heavy atom. The number of rotatable bonds is 5. The van der Waals surface area contributed by atoms with Crippen LogP contribution in [-0.2, 0) is 9.53 Å². The standard InChI is InChI=1S/C11H14N2O6.ClH/c1-17-8-4-6(10(12)11(14)19-3)7(13(15)16)5-9(8)18-2;/h4-5,10H,12H2,1-3H3;1H/t10-;/m0./s1. The minimum absolute atomic E-state index is 0. The Labute approximate surface area is 121 Å². The first-order valence-corrected chi connectivity index (χ1v) is 5.20. The molecule has 1 atom stereocenters. The largest absolute Gasteiger partial charge is 0.493 e. The molecule has 0 heterocycles. The topological polar surface area (TPSA) is 114 Å². The first kappa shape index (κ1) is 17.9. The number of carbonyl (C=O) groups is 1. The number of nitrogens with zero attached hydrogens (tertiary/aromatic N) is 1. The minimum atomic E-state index is -1.27. The van der Waals surface area contributed by atoms with Gasteiger partial charge in [0.25, 0.3) is 5.69 Å². The van der Waals surface area contributed by atoms with Gasteiger partial charge in [0.1, 0.15) is 6.04 Å². The third-order valence-corrected chi connectivity index (χ3v) is 2.52. The molecule has 0 saturated heterocycles. The van der Waals surface area contributed by atoms with Crippen LogP contribution in [-0.4, -0.2) is 32.2 Å². The number of hydrogen-bond donors (Lipinski definition) is 1. The molecule has 8 nitrogen and oxygen atoms in total. The molecule has 0 amide bonds. The van der Waals surface area contributed by atoms with Crippen molar-refractivity contribution in [2.24, 2.45) is 5.73 Å². The van der Waals surface area contributed by atoms with Gasteiger partial charge in [-0.2, -0.15) is 0 Å². The fourth-order valence-corrected chi connectivity index (χ4v) is 1.55. The Morgan fingerprint density at radius 1 is 1.25 bits per heavy atom. The molecule has 1 rings (SSSR count). The molecule has 0 unspecified atom stereocenters. The summed E-state index contributed by atoms with van der Waals surface area (Å²) in [4.78, 5) is 21.8. The lowest BCUT2D eigenvalue weighted by Crippen LogP contribution is -2.23. The molecule has 0 fully saturated rings. The summed E-state index contributed by atoms with van der Waals surface area (Å²) in [5.74, 6) is -0.368. The number of esters is 1. The van der Waals surface area contributed by atoms with Crippen molar-refractivity contribution in [2.45, 2.75) is 6.04 Å². The van der Waals surface area contributed by atoms with E-state index < -0.39 is 16.9 Å². The second-order valence-electron chi connectivity index (χ2n) is 3.52. The summed E-state index contributed by atoms with van der Waals surface area (Å²) in [6.45, 7) is 0. The number of nitro groups is 1. The normalized spacial score (nSPS) is 11.0. The second-order valence-corrected chi connectivity index (χ2v) is 3.52. The van der Waals surface area contributed by atoms with E-state index in [1.807, 2.05) is 0 Å². The number of carbonyl (C=O) groups excluding carboxylic acids is 1. The number of ether oxygens (including phenoxy) is 3. The van der Waals surface area contributed by atoms with Crippen LogP contribution < -0.4 is 15.2 Å². The Morgan fingerprint density at radius 3 is 2.15 bits per heavy atom. The van der Waals surface area contributed by atoms with Crippen molar-refractivity contribution in [1.82, 2.24) is 0 Å². The third-order valence-electron chi connectivity index (χ3n) is 2.52. The van der Waals surface area contributed by atoms with Gasteiger partial charge < -0.3 is 19.9 Å². The highest BCUT2D eigenvalue weighted by Crippen LogP contribution is 2.36. The maximum atomic E-state index is 11.4. The first-order valence-electron chi connectivity index (χ1n) is 5.20. The second kappa shape index (κ2) is 7.51. The van der Waals surface area contributed by atoms with Gasteiger partial charge in [-0.15, -0.1) is 12.4 Å². The number of benzene rings is 1. The molecule has 9 heteroatoms. The Balaban J connectivity index is 0.00000361. The van der Waals surface area contributed by atoms with Crippen LogP contribution in [0, 0.1) is 10.1 Å². The zero-order chi connectivity index (χ0) is 14.6. The summed E-state index contributed by atoms with van der Waals surface area (Å²) in [7, 11) is 3.87. The number of hydrogen-bond acceptors (Lipinski definition) is 7. The average Bonchev–Trinajstić information content (AvgIpc) is 2.43. The van der Waals surface area contributed by atoms with E-state index in [0.717, 1.165) is 13.2 Å². The molecule has 0 aromatic heterocycles. The highest BCUT2D eigenvalue weighted by atomic mass is 35.5. The molecule has 1 aromatic carbocycles. The highest BCUT2D eigenvalue weighted by Gasteiger charge is 2.28. The summed E-state index contributed by atoms with van der Waals surface area (Å²) >= 11 is 0. The zero-order valence-corrected chi connectivity index (χ0v) is 11.9. The Kier molecular flexibility index (Phi) is 6.74. The fourth-order valence-electron chi connectivity index (χ4n) is 1.55. The van der Waals surface area contributed by atoms with Crippen molar-refractivity contribution in [3.05, 3.63) is 27.8 Å². The zero-order valence-electron chi connectivity index (χ0n) is 11.1. The van der Waals surface area contributed by atoms with E-state index in [4.69, 9.17) is 15.2 Å². The third kappa shape index (κ3) is 3.49. The molecule has 1 aromatic rings. The monoisotopic (exact) mass is 306 g/mol. The van der Waals surface area contributed by atoms with E-state index in [9.17, 15) is 14.9 Å². The summed E-state index contributed by atoms with van der Waals surface area (Å²) in [6.07, 6.45) is 0. The van der Waals surface area contributed by atoms with Crippen LogP contribution in [0.2, 0.25) is 0 Å². The van der Waals surface area contributed by atoms with Crippen LogP contribution in [0.5, 0.6) is 11.5 Å². The quantitative estimate of drug-likeness (QED) is 0.494. The maximum absolute atomic E-state index is 11.4. The molecular formula is C11H15ClN2O6. The number of halogens is 1. The van der Waals surface area contributed by atoms with Crippen LogP contribution in [0.25, 0.3) is 0 Å². The van der Waals surface area contributed by atoms with Crippen molar-refractivity contribution in [1.29, 1.82) is 0 Å². The van der Waals surface area contributed by atoms with Crippen molar-refractivity contribution in [3.63, 3.8) is 0 Å². The molecular weight excluding hydrogens is 292 g/mol. The van der Waals surface area contributed by atoms with Crippen molar-refractivity contribution >= 4 is 24.1 Å². The predicted octanol–water partition coefficient (Wildman–Crippen LogP) is 1.21. The van der Waals surface area contributed by atoms with Crippen LogP contribution in [0.1, 0.15) is 11.6 Å². The molecule has 0 spiro atoms. The molecule has 112 valence electrons. The van der Waals surface area contributed by atoms with Gasteiger partial charge in [-0.3, -0.25) is 10.1 Å². The molecule has 0 radical (unpaired) electrons. The predicted molar refractivity (Wildman–Crippen MR) is 72.4 cm³/mol. The van der Waals surface area contributed by atoms with E-state index in [1.165, 1.54) is 20.3 Å². The summed E-state index contributed by atoms with van der Waals surface area (Å²) in [5, 5.41) is 11.0. The average molecular weight is 307 g/mol. The van der Waals surface area contributed by atoms with Gasteiger partial charge in [0.05, 0.1) is 37.9 Å². The van der Waals surface area contributed by atoms with Crippen molar-refractivity contribution in [2.75, 3.05) is 21.3 Å². The van der Waals surface area contributed by atoms with E-state index in [1.54, 1.807) is 0 Å². The molecule has 20 heavy (non-hydrogen) atoms. The molecule has 0 aliphatic carbocycles. The van der Waals surface area contributed by atoms with Gasteiger partial charge in [0, 0.05) is 0 Å². The summed E-state index contributed by atoms with van der Waals surface area (Å²) < 4.78 is 14.5. The molecule has 0 aliphatic heterocycles. The number of nitro benzene ring substituents is 1. The molecule has 0 aliphatic rings. The fraction of sp³-hybridized carbons (Fsp3) is 0.364. The smallest absolute Gasteiger partial charge is 0.327 e. The van der Waals surface area contributed by atoms with Gasteiger partial charge in [-0.25, -0.2) is 4.79 Å². The molecule has 0 bridgehead atoms. The lowest BCUT2D eigenvalue weighted by molar-refractivity contribution is -0.385. The van der Waals surface area contributed by atoms with E-state index in [2.05, 4.69) is 4.74 Å². The SMILES string of the molecule is COC(=O)[C@@H](N)c1cc(OC)c(OC)cc1[N+](=O)[O-].Cl.